The minimum absolute atomic E-state index is 0.0639. The second-order valence-corrected chi connectivity index (χ2v) is 7.28. The van der Waals surface area contributed by atoms with Gasteiger partial charge in [-0.2, -0.15) is 5.10 Å². The van der Waals surface area contributed by atoms with Gasteiger partial charge >= 0.3 is 0 Å². The van der Waals surface area contributed by atoms with Crippen LogP contribution < -0.4 is 10.2 Å². The van der Waals surface area contributed by atoms with Crippen molar-refractivity contribution >= 4 is 5.82 Å². The van der Waals surface area contributed by atoms with Gasteiger partial charge in [0.2, 0.25) is 0 Å². The molecule has 1 aromatic rings. The first kappa shape index (κ1) is 17.0. The summed E-state index contributed by atoms with van der Waals surface area (Å²) in [5.74, 6) is 1.06. The topological polar surface area (TPSA) is 53.3 Å². The lowest BCUT2D eigenvalue weighted by Gasteiger charge is -2.29. The number of aryl methyl sites for hydroxylation is 2. The van der Waals surface area contributed by atoms with Crippen LogP contribution in [0, 0.1) is 6.92 Å². The van der Waals surface area contributed by atoms with Crippen molar-refractivity contribution in [2.24, 2.45) is 7.05 Å². The zero-order chi connectivity index (χ0) is 15.7. The third-order valence-corrected chi connectivity index (χ3v) is 3.09. The summed E-state index contributed by atoms with van der Waals surface area (Å²) in [6.07, 6.45) is 0. The van der Waals surface area contributed by atoms with E-state index in [2.05, 4.69) is 36.1 Å². The standard InChI is InChI=1S/C15H30N4O/c1-11-12(9-16-14(2,3)4)13(19(8)17-11)18(7)10-15(5,6)20/h16,20H,9-10H2,1-8H3. The SMILES string of the molecule is Cc1nn(C)c(N(C)CC(C)(C)O)c1CNC(C)(C)C. The molecule has 0 saturated carbocycles. The molecule has 0 radical (unpaired) electrons. The van der Waals surface area contributed by atoms with Gasteiger partial charge in [0.25, 0.3) is 0 Å². The maximum atomic E-state index is 10.0. The Balaban J connectivity index is 3.00. The Morgan fingerprint density at radius 1 is 1.25 bits per heavy atom. The number of anilines is 1. The second-order valence-electron chi connectivity index (χ2n) is 7.28. The van der Waals surface area contributed by atoms with Crippen molar-refractivity contribution in [3.05, 3.63) is 11.3 Å². The predicted molar refractivity (Wildman–Crippen MR) is 84.1 cm³/mol. The fourth-order valence-corrected chi connectivity index (χ4v) is 2.38. The lowest BCUT2D eigenvalue weighted by molar-refractivity contribution is 0.0883. The van der Waals surface area contributed by atoms with Gasteiger partial charge in [0.05, 0.1) is 11.3 Å². The van der Waals surface area contributed by atoms with Gasteiger partial charge in [0, 0.05) is 38.3 Å². The van der Waals surface area contributed by atoms with Crippen molar-refractivity contribution in [3.8, 4) is 0 Å². The third-order valence-electron chi connectivity index (χ3n) is 3.09. The summed E-state index contributed by atoms with van der Waals surface area (Å²) in [6.45, 7) is 13.5. The molecular formula is C15H30N4O. The minimum Gasteiger partial charge on any atom is -0.389 e. The molecule has 20 heavy (non-hydrogen) atoms. The van der Waals surface area contributed by atoms with Crippen LogP contribution in [0.15, 0.2) is 0 Å². The molecule has 0 bridgehead atoms. The Labute approximate surface area is 123 Å². The normalized spacial score (nSPS) is 12.8. The molecule has 2 N–H and O–H groups in total. The van der Waals surface area contributed by atoms with Crippen molar-refractivity contribution in [2.45, 2.75) is 59.2 Å². The van der Waals surface area contributed by atoms with Gasteiger partial charge in [0.1, 0.15) is 5.82 Å². The molecule has 5 heteroatoms. The number of nitrogens with zero attached hydrogens (tertiary/aromatic N) is 3. The fourth-order valence-electron chi connectivity index (χ4n) is 2.38. The van der Waals surface area contributed by atoms with Crippen LogP contribution in [0.5, 0.6) is 0 Å². The van der Waals surface area contributed by atoms with Crippen molar-refractivity contribution in [3.63, 3.8) is 0 Å². The number of hydrogen-bond acceptors (Lipinski definition) is 4. The fraction of sp³-hybridized carbons (Fsp3) is 0.800. The van der Waals surface area contributed by atoms with E-state index in [9.17, 15) is 5.11 Å². The van der Waals surface area contributed by atoms with Gasteiger partial charge in [-0.25, -0.2) is 0 Å². The number of rotatable bonds is 5. The highest BCUT2D eigenvalue weighted by molar-refractivity contribution is 5.49. The van der Waals surface area contributed by atoms with Crippen molar-refractivity contribution in [1.29, 1.82) is 0 Å². The Hall–Kier alpha value is -1.07. The smallest absolute Gasteiger partial charge is 0.131 e. The van der Waals surface area contributed by atoms with Crippen LogP contribution in [0.25, 0.3) is 0 Å². The van der Waals surface area contributed by atoms with E-state index in [1.807, 2.05) is 39.5 Å². The minimum atomic E-state index is -0.734. The van der Waals surface area contributed by atoms with Gasteiger partial charge in [-0.15, -0.1) is 0 Å². The number of hydrogen-bond donors (Lipinski definition) is 2. The largest absolute Gasteiger partial charge is 0.389 e. The summed E-state index contributed by atoms with van der Waals surface area (Å²) in [6, 6.07) is 0. The van der Waals surface area contributed by atoms with E-state index in [1.54, 1.807) is 0 Å². The Morgan fingerprint density at radius 3 is 2.25 bits per heavy atom. The summed E-state index contributed by atoms with van der Waals surface area (Å²) in [4.78, 5) is 2.07. The maximum Gasteiger partial charge on any atom is 0.131 e. The summed E-state index contributed by atoms with van der Waals surface area (Å²) < 4.78 is 1.89. The zero-order valence-corrected chi connectivity index (χ0v) is 14.2. The highest BCUT2D eigenvalue weighted by Crippen LogP contribution is 2.24. The van der Waals surface area contributed by atoms with Gasteiger partial charge in [-0.05, 0) is 41.5 Å². The molecule has 1 heterocycles. The molecule has 0 unspecified atom stereocenters. The van der Waals surface area contributed by atoms with Crippen LogP contribution in [0.2, 0.25) is 0 Å². The Kier molecular flexibility index (Phi) is 4.87. The molecule has 0 saturated heterocycles. The molecule has 1 rings (SSSR count). The quantitative estimate of drug-likeness (QED) is 0.865. The number of nitrogens with one attached hydrogen (secondary N) is 1. The highest BCUT2D eigenvalue weighted by Gasteiger charge is 2.23. The number of likely N-dealkylation sites (N-methyl/N-ethyl adjacent to an activating group) is 1. The van der Waals surface area contributed by atoms with E-state index >= 15 is 0 Å². The predicted octanol–water partition coefficient (Wildman–Crippen LogP) is 1.82. The summed E-state index contributed by atoms with van der Waals surface area (Å²) in [5.41, 5.74) is 1.55. The molecule has 0 aliphatic heterocycles. The Bertz CT molecular complexity index is 452. The van der Waals surface area contributed by atoms with Crippen LogP contribution in [0.1, 0.15) is 45.9 Å². The molecule has 0 aromatic carbocycles. The number of aliphatic hydroxyl groups is 1. The average Bonchev–Trinajstić information content (AvgIpc) is 2.46. The first-order valence-corrected chi connectivity index (χ1v) is 7.12. The average molecular weight is 282 g/mol. The van der Waals surface area contributed by atoms with Gasteiger partial charge in [-0.3, -0.25) is 4.68 Å². The molecule has 0 aliphatic rings. The van der Waals surface area contributed by atoms with Crippen LogP contribution in [0.3, 0.4) is 0 Å². The van der Waals surface area contributed by atoms with Gasteiger partial charge in [0.15, 0.2) is 0 Å². The summed E-state index contributed by atoms with van der Waals surface area (Å²) in [7, 11) is 3.94. The monoisotopic (exact) mass is 282 g/mol. The molecule has 0 amide bonds. The van der Waals surface area contributed by atoms with E-state index < -0.39 is 5.60 Å². The van der Waals surface area contributed by atoms with Crippen molar-refractivity contribution < 1.29 is 5.11 Å². The summed E-state index contributed by atoms with van der Waals surface area (Å²) in [5, 5.41) is 18.0. The summed E-state index contributed by atoms with van der Waals surface area (Å²) >= 11 is 0. The van der Waals surface area contributed by atoms with Crippen LogP contribution >= 0.6 is 0 Å². The highest BCUT2D eigenvalue weighted by atomic mass is 16.3. The third kappa shape index (κ3) is 4.80. The van der Waals surface area contributed by atoms with Crippen LogP contribution in [-0.2, 0) is 13.6 Å². The second kappa shape index (κ2) is 5.74. The van der Waals surface area contributed by atoms with E-state index in [1.165, 1.54) is 5.56 Å². The van der Waals surface area contributed by atoms with Crippen LogP contribution in [-0.4, -0.2) is 39.6 Å². The molecule has 0 fully saturated rings. The molecule has 0 atom stereocenters. The zero-order valence-electron chi connectivity index (χ0n) is 14.2. The van der Waals surface area contributed by atoms with Crippen LogP contribution in [0.4, 0.5) is 5.82 Å². The first-order chi connectivity index (χ1) is 8.91. The van der Waals surface area contributed by atoms with Gasteiger partial charge < -0.3 is 15.3 Å². The van der Waals surface area contributed by atoms with Crippen molar-refractivity contribution in [2.75, 3.05) is 18.5 Å². The van der Waals surface area contributed by atoms with Crippen molar-refractivity contribution in [1.82, 2.24) is 15.1 Å². The molecule has 1 aromatic heterocycles. The first-order valence-electron chi connectivity index (χ1n) is 7.12. The molecule has 5 nitrogen and oxygen atoms in total. The van der Waals surface area contributed by atoms with E-state index in [4.69, 9.17) is 0 Å². The molecule has 116 valence electrons. The lowest BCUT2D eigenvalue weighted by atomic mass is 10.1. The Morgan fingerprint density at radius 2 is 1.80 bits per heavy atom. The molecule has 0 aliphatic carbocycles. The van der Waals surface area contributed by atoms with E-state index in [0.717, 1.165) is 18.1 Å². The molecule has 0 spiro atoms. The van der Waals surface area contributed by atoms with E-state index in [-0.39, 0.29) is 5.54 Å². The maximum absolute atomic E-state index is 10.0. The van der Waals surface area contributed by atoms with Gasteiger partial charge in [-0.1, -0.05) is 0 Å². The van der Waals surface area contributed by atoms with E-state index in [0.29, 0.717) is 6.54 Å². The lowest BCUT2D eigenvalue weighted by Crippen LogP contribution is -2.39. The molecular weight excluding hydrogens is 252 g/mol. The number of aromatic nitrogens is 2.